The maximum Gasteiger partial charge on any atom is 0.357 e. The molecule has 33 heavy (non-hydrogen) atoms. The van der Waals surface area contributed by atoms with Gasteiger partial charge >= 0.3 is 5.97 Å². The Morgan fingerprint density at radius 1 is 1.18 bits per heavy atom. The van der Waals surface area contributed by atoms with Gasteiger partial charge in [0.1, 0.15) is 21.8 Å². The zero-order valence-corrected chi connectivity index (χ0v) is 18.8. The van der Waals surface area contributed by atoms with Crippen molar-refractivity contribution in [1.82, 2.24) is 19.8 Å². The van der Waals surface area contributed by atoms with Crippen LogP contribution >= 0.6 is 11.3 Å². The summed E-state index contributed by atoms with van der Waals surface area (Å²) in [6.45, 7) is 4.93. The van der Waals surface area contributed by atoms with E-state index in [1.54, 1.807) is 18.2 Å². The number of rotatable bonds is 6. The summed E-state index contributed by atoms with van der Waals surface area (Å²) in [6.07, 6.45) is 1.46. The fraction of sp³-hybridized carbons (Fsp3) is 0.261. The number of carboxylic acids is 1. The smallest absolute Gasteiger partial charge is 0.357 e. The number of thiazole rings is 1. The molecule has 1 aromatic carbocycles. The van der Waals surface area contributed by atoms with E-state index in [-0.39, 0.29) is 16.4 Å². The van der Waals surface area contributed by atoms with E-state index >= 15 is 0 Å². The van der Waals surface area contributed by atoms with Crippen LogP contribution in [-0.2, 0) is 6.54 Å². The van der Waals surface area contributed by atoms with Crippen LogP contribution in [0, 0.1) is 11.3 Å². The first-order chi connectivity index (χ1) is 15.9. The van der Waals surface area contributed by atoms with Crippen molar-refractivity contribution in [2.24, 2.45) is 0 Å². The molecule has 2 N–H and O–H groups in total. The fourth-order valence-corrected chi connectivity index (χ4v) is 4.45. The van der Waals surface area contributed by atoms with Gasteiger partial charge in [0.25, 0.3) is 5.91 Å². The molecule has 0 unspecified atom stereocenters. The molecular formula is C23H22N6O3S. The van der Waals surface area contributed by atoms with Crippen LogP contribution in [0.5, 0.6) is 0 Å². The number of amides is 1. The topological polar surface area (TPSA) is 122 Å². The number of hydrogen-bond donors (Lipinski definition) is 2. The Hall–Kier alpha value is -3.65. The molecule has 1 aliphatic rings. The first kappa shape index (κ1) is 22.5. The summed E-state index contributed by atoms with van der Waals surface area (Å²) < 4.78 is 0. The highest BCUT2D eigenvalue weighted by atomic mass is 32.1. The minimum Gasteiger partial charge on any atom is -0.476 e. The van der Waals surface area contributed by atoms with Gasteiger partial charge in [-0.15, -0.1) is 0 Å². The highest BCUT2D eigenvalue weighted by Gasteiger charge is 2.21. The van der Waals surface area contributed by atoms with E-state index < -0.39 is 11.9 Å². The predicted octanol–water partition coefficient (Wildman–Crippen LogP) is 2.77. The number of likely N-dealkylation sites (N-methyl/N-ethyl adjacent to an activating group) is 1. The van der Waals surface area contributed by atoms with E-state index in [1.807, 2.05) is 18.2 Å². The van der Waals surface area contributed by atoms with Gasteiger partial charge in [0, 0.05) is 50.0 Å². The van der Waals surface area contributed by atoms with Crippen molar-refractivity contribution < 1.29 is 14.7 Å². The van der Waals surface area contributed by atoms with Crippen molar-refractivity contribution in [3.8, 4) is 16.6 Å². The van der Waals surface area contributed by atoms with Gasteiger partial charge in [0.15, 0.2) is 5.69 Å². The Labute approximate surface area is 194 Å². The molecule has 9 nitrogen and oxygen atoms in total. The highest BCUT2D eigenvalue weighted by molar-refractivity contribution is 7.19. The van der Waals surface area contributed by atoms with Crippen LogP contribution in [-0.4, -0.2) is 70.0 Å². The van der Waals surface area contributed by atoms with E-state index in [1.165, 1.54) is 12.3 Å². The van der Waals surface area contributed by atoms with E-state index in [9.17, 15) is 14.7 Å². The first-order valence-corrected chi connectivity index (χ1v) is 11.2. The second-order valence-electron chi connectivity index (χ2n) is 7.77. The number of benzene rings is 1. The number of pyridine rings is 1. The SMILES string of the molecule is CN1CCN(Cc2ccc(C(=O)Nc3sc(-c4ccnc(C#N)c4)nc3C(=O)O)cc2)CC1. The number of piperazine rings is 1. The molecule has 4 rings (SSSR count). The summed E-state index contributed by atoms with van der Waals surface area (Å²) in [5.41, 5.74) is 2.06. The van der Waals surface area contributed by atoms with Crippen molar-refractivity contribution >= 4 is 28.2 Å². The van der Waals surface area contributed by atoms with Crippen molar-refractivity contribution in [2.45, 2.75) is 6.54 Å². The van der Waals surface area contributed by atoms with Crippen LogP contribution in [0.4, 0.5) is 5.00 Å². The number of anilines is 1. The maximum absolute atomic E-state index is 12.8. The molecule has 3 aromatic rings. The molecule has 3 heterocycles. The lowest BCUT2D eigenvalue weighted by Crippen LogP contribution is -2.43. The Morgan fingerprint density at radius 3 is 2.58 bits per heavy atom. The van der Waals surface area contributed by atoms with Crippen LogP contribution < -0.4 is 5.32 Å². The Bertz CT molecular complexity index is 1210. The Kier molecular flexibility index (Phi) is 6.74. The normalized spacial score (nSPS) is 14.5. The number of carbonyl (C=O) groups is 2. The van der Waals surface area contributed by atoms with Gasteiger partial charge in [-0.1, -0.05) is 23.5 Å². The second-order valence-corrected chi connectivity index (χ2v) is 8.77. The molecular weight excluding hydrogens is 440 g/mol. The molecule has 0 saturated carbocycles. The molecule has 0 radical (unpaired) electrons. The van der Waals surface area contributed by atoms with Crippen LogP contribution in [0.15, 0.2) is 42.6 Å². The van der Waals surface area contributed by atoms with E-state index in [2.05, 4.69) is 32.1 Å². The number of nitrogens with zero attached hydrogens (tertiary/aromatic N) is 5. The van der Waals surface area contributed by atoms with E-state index in [4.69, 9.17) is 5.26 Å². The number of carbonyl (C=O) groups excluding carboxylic acids is 1. The van der Waals surface area contributed by atoms with Crippen molar-refractivity contribution in [3.05, 3.63) is 65.1 Å². The van der Waals surface area contributed by atoms with E-state index in [0.29, 0.717) is 16.1 Å². The molecule has 0 spiro atoms. The number of aromatic nitrogens is 2. The molecule has 1 amide bonds. The summed E-state index contributed by atoms with van der Waals surface area (Å²) >= 11 is 1.04. The van der Waals surface area contributed by atoms with E-state index in [0.717, 1.165) is 49.6 Å². The minimum atomic E-state index is -1.25. The van der Waals surface area contributed by atoms with Crippen LogP contribution in [0.25, 0.3) is 10.6 Å². The third kappa shape index (κ3) is 5.40. The lowest BCUT2D eigenvalue weighted by Gasteiger charge is -2.32. The molecule has 1 aliphatic heterocycles. The van der Waals surface area contributed by atoms with Gasteiger partial charge < -0.3 is 15.3 Å². The summed E-state index contributed by atoms with van der Waals surface area (Å²) in [7, 11) is 2.12. The first-order valence-electron chi connectivity index (χ1n) is 10.3. The molecule has 0 bridgehead atoms. The quantitative estimate of drug-likeness (QED) is 0.573. The summed E-state index contributed by atoms with van der Waals surface area (Å²) in [5.74, 6) is -1.66. The number of nitriles is 1. The molecule has 2 aromatic heterocycles. The monoisotopic (exact) mass is 462 g/mol. The van der Waals surface area contributed by atoms with Crippen LogP contribution in [0.1, 0.15) is 32.1 Å². The standard InChI is InChI=1S/C23H22N6O3S/c1-28-8-10-29(11-9-28)14-15-2-4-16(5-3-15)20(30)27-22-19(23(31)32)26-21(33-22)17-6-7-25-18(12-17)13-24/h2-7,12H,8-11,14H2,1H3,(H,27,30)(H,31,32). The van der Waals surface area contributed by atoms with Gasteiger partial charge in [0.2, 0.25) is 0 Å². The minimum absolute atomic E-state index is 0.138. The van der Waals surface area contributed by atoms with Gasteiger partial charge in [0.05, 0.1) is 0 Å². The van der Waals surface area contributed by atoms with Gasteiger partial charge in [-0.3, -0.25) is 9.69 Å². The zero-order chi connectivity index (χ0) is 23.4. The largest absolute Gasteiger partial charge is 0.476 e. The second kappa shape index (κ2) is 9.87. The predicted molar refractivity (Wildman–Crippen MR) is 124 cm³/mol. The fourth-order valence-electron chi connectivity index (χ4n) is 3.50. The van der Waals surface area contributed by atoms with Gasteiger partial charge in [-0.2, -0.15) is 5.26 Å². The van der Waals surface area contributed by atoms with Crippen LogP contribution in [0.2, 0.25) is 0 Å². The molecule has 0 aliphatic carbocycles. The Morgan fingerprint density at radius 2 is 1.91 bits per heavy atom. The number of aromatic carboxylic acids is 1. The van der Waals surface area contributed by atoms with Crippen LogP contribution in [0.3, 0.4) is 0 Å². The number of carboxylic acid groups (broad SMARTS) is 1. The average molecular weight is 463 g/mol. The molecule has 1 saturated heterocycles. The summed E-state index contributed by atoms with van der Waals surface area (Å²) in [6, 6.07) is 12.4. The summed E-state index contributed by atoms with van der Waals surface area (Å²) in [5, 5.41) is 21.8. The summed E-state index contributed by atoms with van der Waals surface area (Å²) in [4.78, 5) is 37.2. The Balaban J connectivity index is 1.48. The number of hydrogen-bond acceptors (Lipinski definition) is 8. The van der Waals surface area contributed by atoms with Gasteiger partial charge in [-0.25, -0.2) is 14.8 Å². The third-order valence-electron chi connectivity index (χ3n) is 5.40. The van der Waals surface area contributed by atoms with Crippen molar-refractivity contribution in [1.29, 1.82) is 5.26 Å². The zero-order valence-electron chi connectivity index (χ0n) is 18.0. The number of nitrogens with one attached hydrogen (secondary N) is 1. The lowest BCUT2D eigenvalue weighted by molar-refractivity contribution is 0.0692. The average Bonchev–Trinajstić information content (AvgIpc) is 3.25. The van der Waals surface area contributed by atoms with Crippen molar-refractivity contribution in [2.75, 3.05) is 38.5 Å². The molecule has 10 heteroatoms. The lowest BCUT2D eigenvalue weighted by atomic mass is 10.1. The molecule has 168 valence electrons. The maximum atomic E-state index is 12.8. The molecule has 1 fully saturated rings. The molecule has 0 atom stereocenters. The highest BCUT2D eigenvalue weighted by Crippen LogP contribution is 2.32. The van der Waals surface area contributed by atoms with Crippen molar-refractivity contribution in [3.63, 3.8) is 0 Å². The third-order valence-corrected chi connectivity index (χ3v) is 6.42. The van der Waals surface area contributed by atoms with Gasteiger partial charge in [-0.05, 0) is 36.9 Å².